The first-order valence-corrected chi connectivity index (χ1v) is 9.77. The van der Waals surface area contributed by atoms with Crippen molar-refractivity contribution in [2.45, 2.75) is 29.6 Å². The predicted molar refractivity (Wildman–Crippen MR) is 108 cm³/mol. The lowest BCUT2D eigenvalue weighted by atomic mass is 10.1. The van der Waals surface area contributed by atoms with Gasteiger partial charge in [0.1, 0.15) is 0 Å². The number of anilines is 1. The molecule has 1 aliphatic heterocycles. The van der Waals surface area contributed by atoms with Gasteiger partial charge in [0, 0.05) is 27.6 Å². The van der Waals surface area contributed by atoms with E-state index in [9.17, 15) is 14.4 Å². The molecule has 7 heteroatoms. The Morgan fingerprint density at radius 2 is 1.89 bits per heavy atom. The smallest absolute Gasteiger partial charge is 0.308 e. The van der Waals surface area contributed by atoms with Gasteiger partial charge in [-0.25, -0.2) is 0 Å². The van der Waals surface area contributed by atoms with Gasteiger partial charge in [-0.15, -0.1) is 11.8 Å². The molecule has 2 heterocycles. The number of esters is 1. The van der Waals surface area contributed by atoms with Gasteiger partial charge in [-0.05, 0) is 25.1 Å². The van der Waals surface area contributed by atoms with E-state index in [0.29, 0.717) is 5.56 Å². The highest BCUT2D eigenvalue weighted by molar-refractivity contribution is 8.01. The first-order chi connectivity index (χ1) is 13.5. The van der Waals surface area contributed by atoms with Gasteiger partial charge in [0.2, 0.25) is 11.7 Å². The second kappa shape index (κ2) is 7.52. The number of rotatable bonds is 5. The van der Waals surface area contributed by atoms with Crippen molar-refractivity contribution in [1.82, 2.24) is 4.98 Å². The van der Waals surface area contributed by atoms with E-state index in [1.54, 1.807) is 13.1 Å². The number of ether oxygens (including phenoxy) is 1. The number of aromatic nitrogens is 1. The zero-order valence-electron chi connectivity index (χ0n) is 15.1. The summed E-state index contributed by atoms with van der Waals surface area (Å²) in [5.41, 5.74) is 2.07. The molecule has 4 rings (SSSR count). The van der Waals surface area contributed by atoms with E-state index in [0.717, 1.165) is 21.5 Å². The average Bonchev–Trinajstić information content (AvgIpc) is 3.12. The SMILES string of the molecule is C[C@H](OC(=O)C[C@H]1Sc2ccccc2NC1=O)C(=O)c1c[nH]c2ccccc12. The van der Waals surface area contributed by atoms with Crippen LogP contribution in [0, 0.1) is 0 Å². The minimum absolute atomic E-state index is 0.101. The molecule has 1 aromatic heterocycles. The topological polar surface area (TPSA) is 88.3 Å². The fourth-order valence-corrected chi connectivity index (χ4v) is 4.27. The molecular weight excluding hydrogens is 376 g/mol. The summed E-state index contributed by atoms with van der Waals surface area (Å²) in [4.78, 5) is 41.2. The van der Waals surface area contributed by atoms with Crippen LogP contribution in [-0.2, 0) is 14.3 Å². The van der Waals surface area contributed by atoms with Gasteiger partial charge < -0.3 is 15.0 Å². The van der Waals surface area contributed by atoms with Gasteiger partial charge in [0.15, 0.2) is 6.10 Å². The maximum Gasteiger partial charge on any atom is 0.308 e. The van der Waals surface area contributed by atoms with E-state index >= 15 is 0 Å². The van der Waals surface area contributed by atoms with Gasteiger partial charge in [0.25, 0.3) is 0 Å². The number of H-pyrrole nitrogens is 1. The summed E-state index contributed by atoms with van der Waals surface area (Å²) in [6, 6.07) is 14.9. The number of carbonyl (C=O) groups is 3. The Hall–Kier alpha value is -3.06. The normalized spacial score (nSPS) is 16.9. The fourth-order valence-electron chi connectivity index (χ4n) is 3.17. The lowest BCUT2D eigenvalue weighted by Gasteiger charge is -2.23. The van der Waals surface area contributed by atoms with Gasteiger partial charge in [-0.1, -0.05) is 30.3 Å². The standard InChI is InChI=1S/C21H18N2O4S/c1-12(20(25)14-11-22-15-7-3-2-6-13(14)15)27-19(24)10-18-21(26)23-16-8-4-5-9-17(16)28-18/h2-9,11-12,18,22H,10H2,1H3,(H,23,26)/t12-,18+/m0/s1. The van der Waals surface area contributed by atoms with Crippen molar-refractivity contribution in [3.05, 3.63) is 60.3 Å². The van der Waals surface area contributed by atoms with Crippen molar-refractivity contribution in [2.24, 2.45) is 0 Å². The summed E-state index contributed by atoms with van der Waals surface area (Å²) in [5.74, 6) is -1.10. The summed E-state index contributed by atoms with van der Waals surface area (Å²) < 4.78 is 5.33. The average molecular weight is 394 g/mol. The minimum atomic E-state index is -0.935. The van der Waals surface area contributed by atoms with Crippen molar-refractivity contribution in [3.8, 4) is 0 Å². The highest BCUT2D eigenvalue weighted by Crippen LogP contribution is 2.36. The van der Waals surface area contributed by atoms with Gasteiger partial charge >= 0.3 is 5.97 Å². The largest absolute Gasteiger partial charge is 0.454 e. The number of Topliss-reactive ketones (excluding diaryl/α,β-unsaturated/α-hetero) is 1. The number of nitrogens with one attached hydrogen (secondary N) is 2. The Bertz CT molecular complexity index is 1070. The van der Waals surface area contributed by atoms with Crippen LogP contribution >= 0.6 is 11.8 Å². The van der Waals surface area contributed by atoms with E-state index in [-0.39, 0.29) is 18.1 Å². The third-order valence-electron chi connectivity index (χ3n) is 4.59. The maximum absolute atomic E-state index is 12.7. The third kappa shape index (κ3) is 3.53. The number of carbonyl (C=O) groups excluding carboxylic acids is 3. The quantitative estimate of drug-likeness (QED) is 0.508. The molecule has 0 aliphatic carbocycles. The van der Waals surface area contributed by atoms with Gasteiger partial charge in [-0.2, -0.15) is 0 Å². The van der Waals surface area contributed by atoms with Crippen LogP contribution in [0.2, 0.25) is 0 Å². The molecule has 0 unspecified atom stereocenters. The Labute approximate surface area is 165 Å². The highest BCUT2D eigenvalue weighted by Gasteiger charge is 2.31. The predicted octanol–water partition coefficient (Wildman–Crippen LogP) is 3.79. The Morgan fingerprint density at radius 1 is 1.14 bits per heavy atom. The molecule has 1 amide bonds. The van der Waals surface area contributed by atoms with Gasteiger partial charge in [0.05, 0.1) is 17.4 Å². The number of hydrogen-bond donors (Lipinski definition) is 2. The molecule has 6 nitrogen and oxygen atoms in total. The molecule has 0 saturated heterocycles. The zero-order chi connectivity index (χ0) is 19.7. The molecule has 1 aliphatic rings. The molecular formula is C21H18N2O4S. The molecule has 2 N–H and O–H groups in total. The number of amides is 1. The summed E-state index contributed by atoms with van der Waals surface area (Å²) in [7, 11) is 0. The number of para-hydroxylation sites is 2. The highest BCUT2D eigenvalue weighted by atomic mass is 32.2. The maximum atomic E-state index is 12.7. The summed E-state index contributed by atoms with van der Waals surface area (Å²) in [6.07, 6.45) is 0.588. The summed E-state index contributed by atoms with van der Waals surface area (Å²) in [6.45, 7) is 1.55. The fraction of sp³-hybridized carbons (Fsp3) is 0.190. The molecule has 28 heavy (non-hydrogen) atoms. The number of hydrogen-bond acceptors (Lipinski definition) is 5. The summed E-state index contributed by atoms with van der Waals surface area (Å²) >= 11 is 1.33. The van der Waals surface area contributed by atoms with Crippen LogP contribution in [0.4, 0.5) is 5.69 Å². The number of aromatic amines is 1. The van der Waals surface area contributed by atoms with Crippen LogP contribution in [-0.4, -0.2) is 34.0 Å². The lowest BCUT2D eigenvalue weighted by molar-refractivity contribution is -0.147. The minimum Gasteiger partial charge on any atom is -0.454 e. The Balaban J connectivity index is 1.41. The van der Waals surface area contributed by atoms with Crippen molar-refractivity contribution in [1.29, 1.82) is 0 Å². The van der Waals surface area contributed by atoms with Crippen molar-refractivity contribution in [2.75, 3.05) is 5.32 Å². The van der Waals surface area contributed by atoms with Crippen LogP contribution in [0.1, 0.15) is 23.7 Å². The third-order valence-corrected chi connectivity index (χ3v) is 5.87. The van der Waals surface area contributed by atoms with Crippen LogP contribution in [0.15, 0.2) is 59.6 Å². The van der Waals surface area contributed by atoms with E-state index in [4.69, 9.17) is 4.74 Å². The monoisotopic (exact) mass is 394 g/mol. The Kier molecular flexibility index (Phi) is 4.92. The molecule has 2 aromatic carbocycles. The van der Waals surface area contributed by atoms with Crippen molar-refractivity contribution in [3.63, 3.8) is 0 Å². The molecule has 3 aromatic rings. The first kappa shape index (κ1) is 18.3. The summed E-state index contributed by atoms with van der Waals surface area (Å²) in [5, 5.41) is 3.00. The molecule has 0 radical (unpaired) electrons. The van der Waals surface area contributed by atoms with Crippen LogP contribution in [0.3, 0.4) is 0 Å². The van der Waals surface area contributed by atoms with E-state index in [1.165, 1.54) is 11.8 Å². The van der Waals surface area contributed by atoms with Gasteiger partial charge in [-0.3, -0.25) is 14.4 Å². The second-order valence-electron chi connectivity index (χ2n) is 6.54. The number of benzene rings is 2. The first-order valence-electron chi connectivity index (χ1n) is 8.89. The van der Waals surface area contributed by atoms with E-state index in [1.807, 2.05) is 48.5 Å². The molecule has 0 saturated carbocycles. The number of fused-ring (bicyclic) bond motifs is 2. The number of ketones is 1. The van der Waals surface area contributed by atoms with Crippen LogP contribution < -0.4 is 5.32 Å². The van der Waals surface area contributed by atoms with Crippen LogP contribution in [0.25, 0.3) is 10.9 Å². The van der Waals surface area contributed by atoms with Crippen LogP contribution in [0.5, 0.6) is 0 Å². The number of thioether (sulfide) groups is 1. The van der Waals surface area contributed by atoms with E-state index in [2.05, 4.69) is 10.3 Å². The zero-order valence-corrected chi connectivity index (χ0v) is 15.9. The Morgan fingerprint density at radius 3 is 2.75 bits per heavy atom. The van der Waals surface area contributed by atoms with Crippen molar-refractivity contribution >= 4 is 46.0 Å². The molecule has 0 fully saturated rings. The van der Waals surface area contributed by atoms with Crippen molar-refractivity contribution < 1.29 is 19.1 Å². The molecule has 0 spiro atoms. The molecule has 2 atom stereocenters. The molecule has 0 bridgehead atoms. The molecule has 142 valence electrons. The van der Waals surface area contributed by atoms with E-state index < -0.39 is 17.3 Å². The lowest BCUT2D eigenvalue weighted by Crippen LogP contribution is -2.33. The second-order valence-corrected chi connectivity index (χ2v) is 7.78.